The zero-order valence-electron chi connectivity index (χ0n) is 19.5. The van der Waals surface area contributed by atoms with Crippen molar-refractivity contribution < 1.29 is 23.8 Å². The molecular weight excluding hydrogens is 462 g/mol. The Hall–Kier alpha value is -4.66. The van der Waals surface area contributed by atoms with Crippen LogP contribution in [0.25, 0.3) is 10.8 Å². The summed E-state index contributed by atoms with van der Waals surface area (Å²) in [7, 11) is 0. The lowest BCUT2D eigenvalue weighted by Crippen LogP contribution is -2.32. The van der Waals surface area contributed by atoms with Crippen molar-refractivity contribution in [3.63, 3.8) is 0 Å². The second-order valence-corrected chi connectivity index (χ2v) is 8.32. The molecule has 1 atom stereocenters. The van der Waals surface area contributed by atoms with Crippen LogP contribution in [0.1, 0.15) is 34.6 Å². The average molecular weight is 485 g/mol. The van der Waals surface area contributed by atoms with Crippen LogP contribution in [-0.2, 0) is 16.1 Å². The smallest absolute Gasteiger partial charge is 0.359 e. The second kappa shape index (κ2) is 9.91. The maximum absolute atomic E-state index is 13.0. The second-order valence-electron chi connectivity index (χ2n) is 8.32. The first kappa shape index (κ1) is 23.1. The number of hydrogen-bond donors (Lipinski definition) is 1. The predicted octanol–water partition coefficient (Wildman–Crippen LogP) is 3.21. The highest BCUT2D eigenvalue weighted by Gasteiger charge is 2.21. The van der Waals surface area contributed by atoms with Gasteiger partial charge in [-0.15, -0.1) is 0 Å². The van der Waals surface area contributed by atoms with E-state index in [0.717, 1.165) is 11.1 Å². The van der Waals surface area contributed by atoms with Gasteiger partial charge in [-0.3, -0.25) is 9.59 Å². The van der Waals surface area contributed by atoms with Crippen molar-refractivity contribution >= 4 is 22.6 Å². The van der Waals surface area contributed by atoms with Gasteiger partial charge < -0.3 is 19.5 Å². The molecule has 1 aliphatic heterocycles. The van der Waals surface area contributed by atoms with Crippen LogP contribution in [-0.4, -0.2) is 35.1 Å². The Morgan fingerprint density at radius 2 is 1.72 bits per heavy atom. The van der Waals surface area contributed by atoms with E-state index in [1.807, 2.05) is 43.3 Å². The summed E-state index contributed by atoms with van der Waals surface area (Å²) in [6, 6.07) is 21.1. The quantitative estimate of drug-likeness (QED) is 0.401. The summed E-state index contributed by atoms with van der Waals surface area (Å²) in [6.45, 7) is 1.67. The van der Waals surface area contributed by atoms with Gasteiger partial charge in [0, 0.05) is 5.39 Å². The van der Waals surface area contributed by atoms with Crippen molar-refractivity contribution in [2.24, 2.45) is 0 Å². The Morgan fingerprint density at radius 3 is 2.53 bits per heavy atom. The fourth-order valence-electron chi connectivity index (χ4n) is 4.00. The van der Waals surface area contributed by atoms with Gasteiger partial charge in [-0.2, -0.15) is 5.10 Å². The minimum atomic E-state index is -0.793. The first-order valence-corrected chi connectivity index (χ1v) is 11.4. The molecule has 1 aromatic heterocycles. The maximum Gasteiger partial charge on any atom is 0.359 e. The lowest BCUT2D eigenvalue weighted by atomic mass is 10.1. The minimum Gasteiger partial charge on any atom is -0.454 e. The van der Waals surface area contributed by atoms with Crippen LogP contribution in [0, 0.1) is 0 Å². The molecule has 2 heterocycles. The van der Waals surface area contributed by atoms with Gasteiger partial charge in [0.1, 0.15) is 0 Å². The van der Waals surface area contributed by atoms with Gasteiger partial charge >= 0.3 is 5.97 Å². The van der Waals surface area contributed by atoms with Crippen molar-refractivity contribution in [3.8, 4) is 11.5 Å². The van der Waals surface area contributed by atoms with Crippen LogP contribution >= 0.6 is 0 Å². The van der Waals surface area contributed by atoms with Gasteiger partial charge in [-0.1, -0.05) is 54.6 Å². The van der Waals surface area contributed by atoms with Gasteiger partial charge in [-0.05, 0) is 36.2 Å². The molecule has 9 nitrogen and oxygen atoms in total. The third-order valence-corrected chi connectivity index (χ3v) is 5.84. The summed E-state index contributed by atoms with van der Waals surface area (Å²) in [5.74, 6) is -0.00235. The van der Waals surface area contributed by atoms with Gasteiger partial charge in [0.25, 0.3) is 11.5 Å². The molecule has 1 amide bonds. The van der Waals surface area contributed by atoms with E-state index in [2.05, 4.69) is 10.4 Å². The molecule has 0 bridgehead atoms. The molecule has 4 aromatic rings. The Labute approximate surface area is 206 Å². The Kier molecular flexibility index (Phi) is 6.36. The van der Waals surface area contributed by atoms with Gasteiger partial charge in [-0.25, -0.2) is 9.48 Å². The number of fused-ring (bicyclic) bond motifs is 2. The highest BCUT2D eigenvalue weighted by Crippen LogP contribution is 2.34. The van der Waals surface area contributed by atoms with Crippen LogP contribution in [0.3, 0.4) is 0 Å². The molecule has 5 rings (SSSR count). The highest BCUT2D eigenvalue weighted by molar-refractivity contribution is 6.02. The van der Waals surface area contributed by atoms with Crippen molar-refractivity contribution in [1.29, 1.82) is 0 Å². The number of carbonyl (C=O) groups excluding carboxylic acids is 2. The third-order valence-electron chi connectivity index (χ3n) is 5.84. The third kappa shape index (κ3) is 4.76. The van der Waals surface area contributed by atoms with E-state index >= 15 is 0 Å². The molecular formula is C27H23N3O6. The zero-order chi connectivity index (χ0) is 25.1. The van der Waals surface area contributed by atoms with E-state index in [1.54, 1.807) is 36.4 Å². The first-order valence-electron chi connectivity index (χ1n) is 11.4. The van der Waals surface area contributed by atoms with E-state index in [4.69, 9.17) is 14.2 Å². The number of benzene rings is 3. The number of amides is 1. The fourth-order valence-corrected chi connectivity index (χ4v) is 4.00. The van der Waals surface area contributed by atoms with Crippen LogP contribution in [0.4, 0.5) is 0 Å². The van der Waals surface area contributed by atoms with E-state index in [1.165, 1.54) is 4.68 Å². The number of nitrogens with one attached hydrogen (secondary N) is 1. The fraction of sp³-hybridized carbons (Fsp3) is 0.185. The lowest BCUT2D eigenvalue weighted by Gasteiger charge is -2.15. The molecule has 36 heavy (non-hydrogen) atoms. The summed E-state index contributed by atoms with van der Waals surface area (Å²) in [5, 5.41) is 7.79. The molecule has 0 saturated heterocycles. The molecule has 0 saturated carbocycles. The van der Waals surface area contributed by atoms with Crippen LogP contribution < -0.4 is 20.3 Å². The number of hydrogen-bond acceptors (Lipinski definition) is 7. The van der Waals surface area contributed by atoms with E-state index in [0.29, 0.717) is 22.3 Å². The number of ether oxygens (including phenoxy) is 3. The summed E-state index contributed by atoms with van der Waals surface area (Å²) < 4.78 is 17.2. The number of nitrogens with zero attached hydrogens (tertiary/aromatic N) is 2. The van der Waals surface area contributed by atoms with Crippen molar-refractivity contribution in [3.05, 3.63) is 100.0 Å². The molecule has 0 fully saturated rings. The topological polar surface area (TPSA) is 109 Å². The normalized spacial score (nSPS) is 12.8. The standard InChI is InChI=1S/C27H23N3O6/c1-17(19-11-12-22-23(13-19)36-16-35-22)28-24(31)15-34-27(33)25-20-9-5-6-10-21(20)26(32)30(29-25)14-18-7-3-2-4-8-18/h2-13,17H,14-16H2,1H3,(H,28,31)/t17-/m0/s1. The van der Waals surface area contributed by atoms with Crippen molar-refractivity contribution in [1.82, 2.24) is 15.1 Å². The molecule has 9 heteroatoms. The van der Waals surface area contributed by atoms with Crippen LogP contribution in [0.5, 0.6) is 11.5 Å². The molecule has 182 valence electrons. The SMILES string of the molecule is C[C@H](NC(=O)COC(=O)c1nn(Cc2ccccc2)c(=O)c2ccccc12)c1ccc2c(c1)OCO2. The molecule has 1 N–H and O–H groups in total. The average Bonchev–Trinajstić information content (AvgIpc) is 3.37. The highest BCUT2D eigenvalue weighted by atomic mass is 16.7. The van der Waals surface area contributed by atoms with Crippen LogP contribution in [0.15, 0.2) is 77.6 Å². The number of rotatable bonds is 7. The monoisotopic (exact) mass is 485 g/mol. The van der Waals surface area contributed by atoms with Crippen molar-refractivity contribution in [2.45, 2.75) is 19.5 Å². The largest absolute Gasteiger partial charge is 0.454 e. The number of esters is 1. The molecule has 1 aliphatic rings. The van der Waals surface area contributed by atoms with E-state index < -0.39 is 18.5 Å². The summed E-state index contributed by atoms with van der Waals surface area (Å²) in [4.78, 5) is 38.4. The van der Waals surface area contributed by atoms with Gasteiger partial charge in [0.15, 0.2) is 23.8 Å². The molecule has 3 aromatic carbocycles. The maximum atomic E-state index is 13.0. The summed E-state index contributed by atoms with van der Waals surface area (Å²) in [6.07, 6.45) is 0. The number of carbonyl (C=O) groups is 2. The first-order chi connectivity index (χ1) is 17.5. The Bertz CT molecular complexity index is 1500. The van der Waals surface area contributed by atoms with Gasteiger partial charge in [0.2, 0.25) is 6.79 Å². The predicted molar refractivity (Wildman–Crippen MR) is 131 cm³/mol. The Morgan fingerprint density at radius 1 is 1.00 bits per heavy atom. The summed E-state index contributed by atoms with van der Waals surface area (Å²) in [5.41, 5.74) is 1.33. The molecule has 0 radical (unpaired) electrons. The molecule has 0 unspecified atom stereocenters. The number of aromatic nitrogens is 2. The molecule has 0 aliphatic carbocycles. The minimum absolute atomic E-state index is 0.0299. The van der Waals surface area contributed by atoms with E-state index in [9.17, 15) is 14.4 Å². The lowest BCUT2D eigenvalue weighted by molar-refractivity contribution is -0.124. The van der Waals surface area contributed by atoms with E-state index in [-0.39, 0.29) is 30.6 Å². The Balaban J connectivity index is 1.30. The van der Waals surface area contributed by atoms with Crippen LogP contribution in [0.2, 0.25) is 0 Å². The summed E-state index contributed by atoms with van der Waals surface area (Å²) >= 11 is 0. The zero-order valence-corrected chi connectivity index (χ0v) is 19.5. The molecule has 0 spiro atoms. The van der Waals surface area contributed by atoms with Gasteiger partial charge in [0.05, 0.1) is 18.0 Å². The van der Waals surface area contributed by atoms with Crippen molar-refractivity contribution in [2.75, 3.05) is 13.4 Å².